The number of halogens is 2. The van der Waals surface area contributed by atoms with Crippen LogP contribution in [0.2, 0.25) is 0 Å². The molecule has 1 aromatic heterocycles. The van der Waals surface area contributed by atoms with Gasteiger partial charge in [0.2, 0.25) is 10.0 Å². The van der Waals surface area contributed by atoms with Gasteiger partial charge in [0.25, 0.3) is 0 Å². The lowest BCUT2D eigenvalue weighted by molar-refractivity contribution is 0.384. The Morgan fingerprint density at radius 1 is 0.963 bits per heavy atom. The highest BCUT2D eigenvalue weighted by Crippen LogP contribution is 2.26. The Bertz CT molecular complexity index is 997. The fraction of sp³-hybridized carbons (Fsp3) is 0.211. The summed E-state index contributed by atoms with van der Waals surface area (Å²) in [6.45, 7) is 2.88. The van der Waals surface area contributed by atoms with E-state index in [0.717, 1.165) is 4.31 Å². The predicted octanol–water partition coefficient (Wildman–Crippen LogP) is 3.96. The Kier molecular flexibility index (Phi) is 5.38. The van der Waals surface area contributed by atoms with Gasteiger partial charge < -0.3 is 4.52 Å². The Hall–Kier alpha value is -2.58. The van der Waals surface area contributed by atoms with Gasteiger partial charge in [0, 0.05) is 13.1 Å². The summed E-state index contributed by atoms with van der Waals surface area (Å²) in [6, 6.07) is 11.4. The molecule has 0 bridgehead atoms. The lowest BCUT2D eigenvalue weighted by atomic mass is 10.2. The van der Waals surface area contributed by atoms with Crippen LogP contribution in [0, 0.1) is 25.5 Å². The molecule has 3 aromatic rings. The van der Waals surface area contributed by atoms with E-state index in [1.807, 2.05) is 0 Å². The molecular weight excluding hydrogens is 374 g/mol. The molecule has 0 unspecified atom stereocenters. The van der Waals surface area contributed by atoms with Gasteiger partial charge in [-0.05, 0) is 49.2 Å². The van der Waals surface area contributed by atoms with E-state index >= 15 is 0 Å². The first-order valence-corrected chi connectivity index (χ1v) is 9.63. The van der Waals surface area contributed by atoms with Crippen molar-refractivity contribution in [1.82, 2.24) is 9.46 Å². The van der Waals surface area contributed by atoms with Crippen LogP contribution in [0.1, 0.15) is 22.6 Å². The summed E-state index contributed by atoms with van der Waals surface area (Å²) < 4.78 is 59.8. The van der Waals surface area contributed by atoms with Gasteiger partial charge >= 0.3 is 0 Å². The van der Waals surface area contributed by atoms with Crippen LogP contribution in [-0.2, 0) is 23.1 Å². The molecule has 0 aliphatic heterocycles. The maximum absolute atomic E-state index is 13.6. The zero-order chi connectivity index (χ0) is 19.6. The average molecular weight is 392 g/mol. The summed E-state index contributed by atoms with van der Waals surface area (Å²) in [4.78, 5) is -0.0321. The van der Waals surface area contributed by atoms with Crippen molar-refractivity contribution in [2.45, 2.75) is 31.8 Å². The second-order valence-electron chi connectivity index (χ2n) is 6.19. The first-order chi connectivity index (χ1) is 12.8. The lowest BCUT2D eigenvalue weighted by Gasteiger charge is -2.22. The highest BCUT2D eigenvalue weighted by molar-refractivity contribution is 7.89. The molecular formula is C19H18F2N2O3S. The van der Waals surface area contributed by atoms with E-state index in [1.54, 1.807) is 12.1 Å². The third-order valence-corrected chi connectivity index (χ3v) is 6.10. The van der Waals surface area contributed by atoms with Crippen molar-refractivity contribution in [2.75, 3.05) is 0 Å². The predicted molar refractivity (Wildman–Crippen MR) is 95.2 cm³/mol. The highest BCUT2D eigenvalue weighted by Gasteiger charge is 2.31. The maximum atomic E-state index is 13.6. The standard InChI is InChI=1S/C19H18F2N2O3S/c1-13-19(14(2)26-22-13)27(24,25)23(11-15-5-3-7-17(20)9-15)12-16-6-4-8-18(21)10-16/h3-10H,11-12H2,1-2H3. The molecule has 0 amide bonds. The van der Waals surface area contributed by atoms with Gasteiger partial charge in [-0.3, -0.25) is 0 Å². The molecule has 27 heavy (non-hydrogen) atoms. The summed E-state index contributed by atoms with van der Waals surface area (Å²) in [5, 5.41) is 3.71. The molecule has 0 radical (unpaired) electrons. The monoisotopic (exact) mass is 392 g/mol. The second kappa shape index (κ2) is 7.58. The number of aryl methyl sites for hydroxylation is 2. The molecule has 0 spiro atoms. The van der Waals surface area contributed by atoms with Crippen molar-refractivity contribution in [2.24, 2.45) is 0 Å². The fourth-order valence-corrected chi connectivity index (χ4v) is 4.58. The summed E-state index contributed by atoms with van der Waals surface area (Å²) >= 11 is 0. The van der Waals surface area contributed by atoms with Crippen molar-refractivity contribution in [3.05, 3.63) is 82.7 Å². The van der Waals surface area contributed by atoms with Crippen LogP contribution < -0.4 is 0 Å². The molecule has 1 heterocycles. The van der Waals surface area contributed by atoms with Gasteiger partial charge in [0.05, 0.1) is 0 Å². The third-order valence-electron chi connectivity index (χ3n) is 4.06. The van der Waals surface area contributed by atoms with Crippen LogP contribution >= 0.6 is 0 Å². The molecule has 3 rings (SSSR count). The Morgan fingerprint density at radius 3 is 1.89 bits per heavy atom. The largest absolute Gasteiger partial charge is 0.360 e. The first-order valence-electron chi connectivity index (χ1n) is 8.19. The van der Waals surface area contributed by atoms with Crippen LogP contribution in [-0.4, -0.2) is 17.9 Å². The Balaban J connectivity index is 2.03. The summed E-state index contributed by atoms with van der Waals surface area (Å²) in [7, 11) is -4.01. The zero-order valence-corrected chi connectivity index (χ0v) is 15.6. The van der Waals surface area contributed by atoms with E-state index in [4.69, 9.17) is 4.52 Å². The molecule has 0 fully saturated rings. The number of hydrogen-bond acceptors (Lipinski definition) is 4. The molecule has 0 aliphatic rings. The molecule has 0 aliphatic carbocycles. The highest BCUT2D eigenvalue weighted by atomic mass is 32.2. The average Bonchev–Trinajstić information content (AvgIpc) is 2.93. The van der Waals surface area contributed by atoms with Crippen LogP contribution in [0.5, 0.6) is 0 Å². The number of sulfonamides is 1. The van der Waals surface area contributed by atoms with E-state index in [0.29, 0.717) is 11.1 Å². The minimum atomic E-state index is -4.01. The number of nitrogens with zero attached hydrogens (tertiary/aromatic N) is 2. The molecule has 8 heteroatoms. The second-order valence-corrected chi connectivity index (χ2v) is 8.06. The first kappa shape index (κ1) is 19.2. The topological polar surface area (TPSA) is 63.4 Å². The lowest BCUT2D eigenvalue weighted by Crippen LogP contribution is -2.31. The summed E-state index contributed by atoms with van der Waals surface area (Å²) in [5.41, 5.74) is 1.18. The smallest absolute Gasteiger partial charge is 0.249 e. The number of benzene rings is 2. The normalized spacial score (nSPS) is 11.9. The SMILES string of the molecule is Cc1noc(C)c1S(=O)(=O)N(Cc1cccc(F)c1)Cc1cccc(F)c1. The summed E-state index contributed by atoms with van der Waals surface area (Å²) in [6.07, 6.45) is 0. The van der Waals surface area contributed by atoms with E-state index in [-0.39, 0.29) is 29.4 Å². The Labute approximate surface area is 156 Å². The molecule has 142 valence electrons. The third kappa shape index (κ3) is 4.23. The van der Waals surface area contributed by atoms with Gasteiger partial charge in [0.15, 0.2) is 5.76 Å². The van der Waals surface area contributed by atoms with Gasteiger partial charge in [-0.1, -0.05) is 29.4 Å². The zero-order valence-electron chi connectivity index (χ0n) is 14.8. The van der Waals surface area contributed by atoms with Gasteiger partial charge in [-0.2, -0.15) is 4.31 Å². The van der Waals surface area contributed by atoms with Crippen molar-refractivity contribution in [3.8, 4) is 0 Å². The fourth-order valence-electron chi connectivity index (χ4n) is 2.88. The molecule has 0 N–H and O–H groups in total. The summed E-state index contributed by atoms with van der Waals surface area (Å²) in [5.74, 6) is -0.767. The van der Waals surface area contributed by atoms with E-state index in [2.05, 4.69) is 5.16 Å². The van der Waals surface area contributed by atoms with E-state index < -0.39 is 21.7 Å². The van der Waals surface area contributed by atoms with Crippen molar-refractivity contribution < 1.29 is 21.7 Å². The maximum Gasteiger partial charge on any atom is 0.249 e. The molecule has 2 aromatic carbocycles. The Morgan fingerprint density at radius 2 is 1.48 bits per heavy atom. The molecule has 0 saturated heterocycles. The van der Waals surface area contributed by atoms with Crippen LogP contribution in [0.25, 0.3) is 0 Å². The van der Waals surface area contributed by atoms with Gasteiger partial charge in [0.1, 0.15) is 22.2 Å². The van der Waals surface area contributed by atoms with E-state index in [9.17, 15) is 17.2 Å². The van der Waals surface area contributed by atoms with Gasteiger partial charge in [-0.25, -0.2) is 17.2 Å². The van der Waals surface area contributed by atoms with Crippen LogP contribution in [0.4, 0.5) is 8.78 Å². The van der Waals surface area contributed by atoms with Crippen molar-refractivity contribution in [3.63, 3.8) is 0 Å². The van der Waals surface area contributed by atoms with Crippen LogP contribution in [0.3, 0.4) is 0 Å². The van der Waals surface area contributed by atoms with Crippen molar-refractivity contribution >= 4 is 10.0 Å². The van der Waals surface area contributed by atoms with Crippen molar-refractivity contribution in [1.29, 1.82) is 0 Å². The van der Waals surface area contributed by atoms with Crippen LogP contribution in [0.15, 0.2) is 57.9 Å². The molecule has 5 nitrogen and oxygen atoms in total. The quantitative estimate of drug-likeness (QED) is 0.637. The molecule has 0 atom stereocenters. The number of hydrogen-bond donors (Lipinski definition) is 0. The molecule has 0 saturated carbocycles. The number of rotatable bonds is 6. The van der Waals surface area contributed by atoms with E-state index in [1.165, 1.54) is 50.2 Å². The minimum absolute atomic E-state index is 0.0321. The van der Waals surface area contributed by atoms with Gasteiger partial charge in [-0.15, -0.1) is 0 Å². The minimum Gasteiger partial charge on any atom is -0.360 e. The number of aromatic nitrogens is 1.